The maximum Gasteiger partial charge on any atom is 0.413 e. The lowest BCUT2D eigenvalue weighted by atomic mass is 10.1. The molecular weight excluding hydrogens is 307 g/mol. The van der Waals surface area contributed by atoms with E-state index in [9.17, 15) is 9.18 Å². The van der Waals surface area contributed by atoms with Crippen molar-refractivity contribution in [3.63, 3.8) is 0 Å². The van der Waals surface area contributed by atoms with Crippen LogP contribution in [-0.4, -0.2) is 27.8 Å². The van der Waals surface area contributed by atoms with Crippen molar-refractivity contribution >= 4 is 29.2 Å². The number of halogens is 1. The molecule has 2 N–H and O–H groups in total. The average Bonchev–Trinajstić information content (AvgIpc) is 2.49. The summed E-state index contributed by atoms with van der Waals surface area (Å²) < 4.78 is 17.7. The van der Waals surface area contributed by atoms with Crippen LogP contribution in [0.15, 0.2) is 36.7 Å². The second-order valence-electron chi connectivity index (χ2n) is 4.06. The van der Waals surface area contributed by atoms with E-state index in [0.717, 1.165) is 0 Å². The summed E-state index contributed by atoms with van der Waals surface area (Å²) in [7, 11) is 0. The summed E-state index contributed by atoms with van der Waals surface area (Å²) >= 11 is 5.01. The van der Waals surface area contributed by atoms with E-state index >= 15 is 0 Å². The zero-order chi connectivity index (χ0) is 15.9. The zero-order valence-corrected chi connectivity index (χ0v) is 12.5. The second kappa shape index (κ2) is 7.41. The molecule has 0 atom stereocenters. The quantitative estimate of drug-likeness (QED) is 0.847. The summed E-state index contributed by atoms with van der Waals surface area (Å²) in [6.45, 7) is 1.92. The van der Waals surface area contributed by atoms with Gasteiger partial charge in [-0.3, -0.25) is 10.3 Å². The van der Waals surface area contributed by atoms with Gasteiger partial charge in [-0.15, -0.1) is 0 Å². The maximum absolute atomic E-state index is 13.0. The van der Waals surface area contributed by atoms with Crippen LogP contribution < -0.4 is 10.6 Å². The van der Waals surface area contributed by atoms with Crippen LogP contribution in [0.25, 0.3) is 11.3 Å². The summed E-state index contributed by atoms with van der Waals surface area (Å²) in [5.41, 5.74) is 1.14. The predicted octanol–water partition coefficient (Wildman–Crippen LogP) is 2.73. The van der Waals surface area contributed by atoms with Gasteiger partial charge in [-0.1, -0.05) is 0 Å². The Morgan fingerprint density at radius 1 is 1.27 bits per heavy atom. The first kappa shape index (κ1) is 15.8. The molecule has 1 heterocycles. The van der Waals surface area contributed by atoms with E-state index in [4.69, 9.17) is 17.0 Å². The summed E-state index contributed by atoms with van der Waals surface area (Å²) in [5.74, 6) is -0.00226. The minimum atomic E-state index is -0.660. The van der Waals surface area contributed by atoms with Crippen molar-refractivity contribution in [3.8, 4) is 11.3 Å². The van der Waals surface area contributed by atoms with E-state index in [0.29, 0.717) is 17.1 Å². The number of carbonyl (C=O) groups excluding carboxylic acids is 1. The number of hydrogen-bond acceptors (Lipinski definition) is 5. The van der Waals surface area contributed by atoms with Crippen molar-refractivity contribution in [1.82, 2.24) is 15.3 Å². The second-order valence-corrected chi connectivity index (χ2v) is 4.47. The molecule has 2 rings (SSSR count). The third-order valence-corrected chi connectivity index (χ3v) is 2.74. The van der Waals surface area contributed by atoms with Crippen molar-refractivity contribution < 1.29 is 13.9 Å². The minimum absolute atomic E-state index is 0.0299. The third kappa shape index (κ3) is 4.19. The largest absolute Gasteiger partial charge is 0.450 e. The molecule has 0 fully saturated rings. The molecule has 22 heavy (non-hydrogen) atoms. The van der Waals surface area contributed by atoms with Gasteiger partial charge in [0, 0.05) is 18.0 Å². The van der Waals surface area contributed by atoms with Crippen molar-refractivity contribution in [3.05, 3.63) is 42.5 Å². The molecular formula is C14H13FN4O2S. The Balaban J connectivity index is 2.16. The van der Waals surface area contributed by atoms with Crippen LogP contribution in [0.5, 0.6) is 0 Å². The fourth-order valence-electron chi connectivity index (χ4n) is 1.65. The lowest BCUT2D eigenvalue weighted by Crippen LogP contribution is -2.35. The van der Waals surface area contributed by atoms with Gasteiger partial charge in [0.05, 0.1) is 6.61 Å². The molecule has 0 bridgehead atoms. The van der Waals surface area contributed by atoms with Crippen LogP contribution in [0, 0.1) is 5.82 Å². The van der Waals surface area contributed by atoms with Gasteiger partial charge in [-0.2, -0.15) is 0 Å². The third-order valence-electron chi connectivity index (χ3n) is 2.54. The Morgan fingerprint density at radius 2 is 1.95 bits per heavy atom. The molecule has 1 amide bonds. The number of thiocarbonyl (C=S) groups is 1. The molecule has 0 saturated carbocycles. The number of ether oxygens (including phenoxy) is 1. The minimum Gasteiger partial charge on any atom is -0.450 e. The van der Waals surface area contributed by atoms with E-state index in [2.05, 4.69) is 20.6 Å². The lowest BCUT2D eigenvalue weighted by Gasteiger charge is -2.11. The van der Waals surface area contributed by atoms with Crippen LogP contribution in [0.2, 0.25) is 0 Å². The first-order valence-corrected chi connectivity index (χ1v) is 6.82. The molecule has 0 aliphatic carbocycles. The van der Waals surface area contributed by atoms with Gasteiger partial charge in [0.25, 0.3) is 0 Å². The van der Waals surface area contributed by atoms with Crippen molar-refractivity contribution in [1.29, 1.82) is 0 Å². The van der Waals surface area contributed by atoms with E-state index in [1.807, 2.05) is 0 Å². The number of benzene rings is 1. The number of alkyl carbamates (subject to hydrolysis) is 1. The van der Waals surface area contributed by atoms with Crippen molar-refractivity contribution in [2.24, 2.45) is 0 Å². The normalized spacial score (nSPS) is 9.91. The summed E-state index contributed by atoms with van der Waals surface area (Å²) in [6, 6.07) is 5.80. The SMILES string of the molecule is CCOC(=O)NC(=S)Nc1nccnc1-c1ccc(F)cc1. The Morgan fingerprint density at radius 3 is 2.64 bits per heavy atom. The number of anilines is 1. The number of rotatable bonds is 3. The molecule has 1 aromatic carbocycles. The molecule has 0 aliphatic heterocycles. The van der Waals surface area contributed by atoms with Crippen LogP contribution in [0.1, 0.15) is 6.92 Å². The number of hydrogen-bond donors (Lipinski definition) is 2. The number of nitrogens with zero attached hydrogens (tertiary/aromatic N) is 2. The number of carbonyl (C=O) groups is 1. The van der Waals surface area contributed by atoms with Gasteiger partial charge in [0.2, 0.25) is 0 Å². The Hall–Kier alpha value is -2.61. The molecule has 2 aromatic rings. The zero-order valence-electron chi connectivity index (χ0n) is 11.7. The van der Waals surface area contributed by atoms with E-state index in [1.165, 1.54) is 24.5 Å². The van der Waals surface area contributed by atoms with E-state index in [1.54, 1.807) is 19.1 Å². The topological polar surface area (TPSA) is 76.1 Å². The number of aromatic nitrogens is 2. The molecule has 0 saturated heterocycles. The number of amides is 1. The molecule has 0 spiro atoms. The highest BCUT2D eigenvalue weighted by Gasteiger charge is 2.11. The van der Waals surface area contributed by atoms with E-state index in [-0.39, 0.29) is 17.5 Å². The average molecular weight is 320 g/mol. The molecule has 0 unspecified atom stereocenters. The summed E-state index contributed by atoms with van der Waals surface area (Å²) in [4.78, 5) is 19.6. The van der Waals surface area contributed by atoms with Crippen molar-refractivity contribution in [2.45, 2.75) is 6.92 Å². The summed E-state index contributed by atoms with van der Waals surface area (Å²) in [5, 5.41) is 5.14. The smallest absolute Gasteiger partial charge is 0.413 e. The van der Waals surface area contributed by atoms with Gasteiger partial charge in [-0.25, -0.2) is 14.2 Å². The molecule has 0 aliphatic rings. The molecule has 8 heteroatoms. The Kier molecular flexibility index (Phi) is 5.31. The first-order valence-electron chi connectivity index (χ1n) is 6.42. The van der Waals surface area contributed by atoms with Gasteiger partial charge in [0.15, 0.2) is 10.9 Å². The van der Waals surface area contributed by atoms with Gasteiger partial charge in [-0.05, 0) is 43.4 Å². The predicted molar refractivity (Wildman–Crippen MR) is 83.8 cm³/mol. The molecule has 0 radical (unpaired) electrons. The Labute approximate surface area is 131 Å². The first-order chi connectivity index (χ1) is 10.6. The van der Waals surface area contributed by atoms with Gasteiger partial charge in [0.1, 0.15) is 11.5 Å². The molecule has 114 valence electrons. The van der Waals surface area contributed by atoms with Crippen LogP contribution in [0.4, 0.5) is 15.0 Å². The summed E-state index contributed by atoms with van der Waals surface area (Å²) in [6.07, 6.45) is 2.32. The maximum atomic E-state index is 13.0. The van der Waals surface area contributed by atoms with Gasteiger partial charge < -0.3 is 10.1 Å². The molecule has 1 aromatic heterocycles. The van der Waals surface area contributed by atoms with E-state index < -0.39 is 6.09 Å². The monoisotopic (exact) mass is 320 g/mol. The van der Waals surface area contributed by atoms with Gasteiger partial charge >= 0.3 is 6.09 Å². The highest BCUT2D eigenvalue weighted by atomic mass is 32.1. The highest BCUT2D eigenvalue weighted by molar-refractivity contribution is 7.80. The fraction of sp³-hybridized carbons (Fsp3) is 0.143. The lowest BCUT2D eigenvalue weighted by molar-refractivity contribution is 0.158. The van der Waals surface area contributed by atoms with Crippen LogP contribution >= 0.6 is 12.2 Å². The van der Waals surface area contributed by atoms with Crippen LogP contribution in [-0.2, 0) is 4.74 Å². The fourth-order valence-corrected chi connectivity index (χ4v) is 1.83. The highest BCUT2D eigenvalue weighted by Crippen LogP contribution is 2.23. The standard InChI is InChI=1S/C14H13FN4O2S/c1-2-21-14(20)19-13(22)18-12-11(16-7-8-17-12)9-3-5-10(15)6-4-9/h3-8H,2H2,1H3,(H2,17,18,19,20,22). The van der Waals surface area contributed by atoms with Crippen LogP contribution in [0.3, 0.4) is 0 Å². The Bertz CT molecular complexity index is 679. The van der Waals surface area contributed by atoms with Crippen molar-refractivity contribution in [2.75, 3.05) is 11.9 Å². The molecule has 6 nitrogen and oxygen atoms in total. The number of nitrogens with one attached hydrogen (secondary N) is 2.